The Morgan fingerprint density at radius 1 is 0.848 bits per heavy atom. The molecule has 8 heteroatoms. The summed E-state index contributed by atoms with van der Waals surface area (Å²) < 4.78 is 21.0. The van der Waals surface area contributed by atoms with Crippen molar-refractivity contribution in [1.82, 2.24) is 24.4 Å². The molecule has 3 saturated heterocycles. The third-order valence-corrected chi connectivity index (χ3v) is 7.18. The minimum atomic E-state index is -0.266. The second kappa shape index (κ2) is 7.33. The van der Waals surface area contributed by atoms with E-state index in [0.717, 1.165) is 60.4 Å². The second-order valence-electron chi connectivity index (χ2n) is 9.08. The molecule has 3 aromatic heterocycles. The van der Waals surface area contributed by atoms with Crippen molar-refractivity contribution in [2.45, 2.75) is 24.5 Å². The van der Waals surface area contributed by atoms with Crippen LogP contribution >= 0.6 is 0 Å². The van der Waals surface area contributed by atoms with Gasteiger partial charge in [-0.05, 0) is 55.0 Å². The van der Waals surface area contributed by atoms with E-state index in [4.69, 9.17) is 14.7 Å². The lowest BCUT2D eigenvalue weighted by molar-refractivity contribution is -0.0708. The number of ether oxygens (including phenoxy) is 1. The Hall–Kier alpha value is -3.36. The van der Waals surface area contributed by atoms with Gasteiger partial charge in [-0.25, -0.2) is 14.4 Å². The summed E-state index contributed by atoms with van der Waals surface area (Å²) in [5.74, 6) is 1.46. The fourth-order valence-corrected chi connectivity index (χ4v) is 5.48. The summed E-state index contributed by atoms with van der Waals surface area (Å²) in [4.78, 5) is 19.2. The van der Waals surface area contributed by atoms with E-state index in [0.29, 0.717) is 18.1 Å². The van der Waals surface area contributed by atoms with E-state index < -0.39 is 0 Å². The zero-order chi connectivity index (χ0) is 21.9. The minimum Gasteiger partial charge on any atom is -0.378 e. The number of aromatic nitrogens is 4. The number of nitrogens with zero attached hydrogens (tertiary/aromatic N) is 6. The fourth-order valence-electron chi connectivity index (χ4n) is 5.48. The Morgan fingerprint density at radius 2 is 1.67 bits per heavy atom. The van der Waals surface area contributed by atoms with Crippen molar-refractivity contribution in [3.63, 3.8) is 0 Å². The summed E-state index contributed by atoms with van der Waals surface area (Å²) in [7, 11) is 0. The van der Waals surface area contributed by atoms with E-state index in [1.807, 2.05) is 22.8 Å². The molecule has 4 aromatic rings. The number of pyridine rings is 2. The summed E-state index contributed by atoms with van der Waals surface area (Å²) in [6, 6.07) is 16.1. The molecule has 1 aromatic carbocycles. The molecule has 3 aliphatic rings. The van der Waals surface area contributed by atoms with Gasteiger partial charge in [-0.15, -0.1) is 0 Å². The number of benzene rings is 1. The molecule has 6 heterocycles. The molecule has 2 unspecified atom stereocenters. The number of rotatable bonds is 4. The quantitative estimate of drug-likeness (QED) is 0.484. The van der Waals surface area contributed by atoms with Gasteiger partial charge in [0.15, 0.2) is 5.65 Å². The molecular formula is C25H23FN6O. The number of hydrogen-bond donors (Lipinski definition) is 0. The van der Waals surface area contributed by atoms with Gasteiger partial charge in [0.1, 0.15) is 23.0 Å². The predicted octanol–water partition coefficient (Wildman–Crippen LogP) is 3.28. The van der Waals surface area contributed by atoms with Crippen LogP contribution in [0.3, 0.4) is 0 Å². The van der Waals surface area contributed by atoms with Crippen LogP contribution in [0.4, 0.5) is 10.2 Å². The normalized spacial score (nSPS) is 22.9. The number of halogens is 1. The second-order valence-corrected chi connectivity index (χ2v) is 9.08. The van der Waals surface area contributed by atoms with Gasteiger partial charge in [-0.2, -0.15) is 0 Å². The highest BCUT2D eigenvalue weighted by molar-refractivity contribution is 5.81. The molecule has 2 atom stereocenters. The molecule has 0 saturated carbocycles. The van der Waals surface area contributed by atoms with Gasteiger partial charge < -0.3 is 9.64 Å². The first-order valence-electron chi connectivity index (χ1n) is 11.4. The molecule has 3 fully saturated rings. The first-order chi connectivity index (χ1) is 16.2. The first kappa shape index (κ1) is 19.1. The topological polar surface area (TPSA) is 59.3 Å². The smallest absolute Gasteiger partial charge is 0.167 e. The molecule has 0 spiro atoms. The average molecular weight is 442 g/mol. The molecule has 0 N–H and O–H groups in total. The first-order valence-corrected chi connectivity index (χ1v) is 11.4. The van der Waals surface area contributed by atoms with E-state index in [1.54, 1.807) is 24.5 Å². The molecule has 7 nitrogen and oxygen atoms in total. The minimum absolute atomic E-state index is 0.266. The van der Waals surface area contributed by atoms with Gasteiger partial charge in [0.25, 0.3) is 0 Å². The van der Waals surface area contributed by atoms with Crippen LogP contribution in [0, 0.1) is 5.82 Å². The number of fused-ring (bicyclic) bond motifs is 3. The van der Waals surface area contributed by atoms with Crippen molar-refractivity contribution in [1.29, 1.82) is 0 Å². The lowest BCUT2D eigenvalue weighted by Crippen LogP contribution is -2.56. The Kier molecular flexibility index (Phi) is 4.25. The van der Waals surface area contributed by atoms with Crippen molar-refractivity contribution in [3.05, 3.63) is 66.7 Å². The van der Waals surface area contributed by atoms with E-state index in [2.05, 4.69) is 20.9 Å². The molecular weight excluding hydrogens is 419 g/mol. The van der Waals surface area contributed by atoms with Crippen LogP contribution in [0.15, 0.2) is 60.9 Å². The zero-order valence-corrected chi connectivity index (χ0v) is 18.0. The van der Waals surface area contributed by atoms with Crippen molar-refractivity contribution in [2.24, 2.45) is 0 Å². The lowest BCUT2D eigenvalue weighted by Gasteiger charge is -2.42. The van der Waals surface area contributed by atoms with Gasteiger partial charge in [0, 0.05) is 43.1 Å². The number of anilines is 1. The highest BCUT2D eigenvalue weighted by atomic mass is 19.1. The number of hydrogen-bond acceptors (Lipinski definition) is 6. The summed E-state index contributed by atoms with van der Waals surface area (Å²) in [6.45, 7) is 3.80. The van der Waals surface area contributed by atoms with Crippen LogP contribution in [0.2, 0.25) is 0 Å². The Bertz CT molecular complexity index is 1320. The summed E-state index contributed by atoms with van der Waals surface area (Å²) in [5, 5.41) is 0. The van der Waals surface area contributed by atoms with Crippen molar-refractivity contribution < 1.29 is 9.13 Å². The van der Waals surface area contributed by atoms with Crippen LogP contribution in [0.1, 0.15) is 6.42 Å². The van der Waals surface area contributed by atoms with Gasteiger partial charge in [0.05, 0.1) is 24.9 Å². The third-order valence-electron chi connectivity index (χ3n) is 7.18. The standard InChI is InChI=1S/C25H23FN6O/c26-17-3-1-16(2-4-17)24-28-22-5-6-23(29-25(22)32(24)18-7-9-27-10-8-18)31-13-19-11-20(31)12-30(19)21-14-33-15-21/h1-10,19-21H,11-15H2. The van der Waals surface area contributed by atoms with Crippen LogP contribution in [0.5, 0.6) is 0 Å². The maximum Gasteiger partial charge on any atom is 0.167 e. The van der Waals surface area contributed by atoms with E-state index in [9.17, 15) is 4.39 Å². The van der Waals surface area contributed by atoms with Gasteiger partial charge in [-0.3, -0.25) is 14.5 Å². The summed E-state index contributed by atoms with van der Waals surface area (Å²) in [5.41, 5.74) is 3.37. The predicted molar refractivity (Wildman–Crippen MR) is 123 cm³/mol. The molecule has 33 heavy (non-hydrogen) atoms. The Balaban J connectivity index is 1.31. The maximum atomic E-state index is 13.6. The van der Waals surface area contributed by atoms with Crippen molar-refractivity contribution in [2.75, 3.05) is 31.2 Å². The number of likely N-dealkylation sites (tertiary alicyclic amines) is 1. The van der Waals surface area contributed by atoms with Crippen molar-refractivity contribution in [3.8, 4) is 17.1 Å². The Labute approximate surface area is 190 Å². The van der Waals surface area contributed by atoms with Crippen LogP contribution < -0.4 is 4.90 Å². The summed E-state index contributed by atoms with van der Waals surface area (Å²) >= 11 is 0. The van der Waals surface area contributed by atoms with Crippen LogP contribution in [-0.4, -0.2) is 68.8 Å². The van der Waals surface area contributed by atoms with E-state index in [-0.39, 0.29) is 5.82 Å². The van der Waals surface area contributed by atoms with Gasteiger partial charge in [-0.1, -0.05) is 0 Å². The van der Waals surface area contributed by atoms with Gasteiger partial charge >= 0.3 is 0 Å². The van der Waals surface area contributed by atoms with E-state index >= 15 is 0 Å². The SMILES string of the molecule is Fc1ccc(-c2nc3ccc(N4CC5CC4CN5C4COC4)nc3n2-c2ccncc2)cc1. The molecule has 0 amide bonds. The molecule has 7 rings (SSSR count). The number of piperazine rings is 1. The Morgan fingerprint density at radius 3 is 2.36 bits per heavy atom. The van der Waals surface area contributed by atoms with Gasteiger partial charge in [0.2, 0.25) is 0 Å². The molecule has 2 bridgehead atoms. The molecule has 0 aliphatic carbocycles. The lowest BCUT2D eigenvalue weighted by atomic mass is 10.1. The zero-order valence-electron chi connectivity index (χ0n) is 18.0. The third kappa shape index (κ3) is 3.05. The van der Waals surface area contributed by atoms with E-state index in [1.165, 1.54) is 18.6 Å². The fraction of sp³-hybridized carbons (Fsp3) is 0.320. The monoisotopic (exact) mass is 442 g/mol. The molecule has 3 aliphatic heterocycles. The van der Waals surface area contributed by atoms with Crippen LogP contribution in [0.25, 0.3) is 28.2 Å². The summed E-state index contributed by atoms with van der Waals surface area (Å²) in [6.07, 6.45) is 4.70. The van der Waals surface area contributed by atoms with Crippen molar-refractivity contribution >= 4 is 17.0 Å². The van der Waals surface area contributed by atoms with Crippen LogP contribution in [-0.2, 0) is 4.74 Å². The highest BCUT2D eigenvalue weighted by Gasteiger charge is 2.47. The molecule has 0 radical (unpaired) electrons. The molecule has 166 valence electrons. The highest BCUT2D eigenvalue weighted by Crippen LogP contribution is 2.37. The average Bonchev–Trinajstić information content (AvgIpc) is 3.51. The largest absolute Gasteiger partial charge is 0.378 e. The number of imidazole rings is 1. The maximum absolute atomic E-state index is 13.6.